The van der Waals surface area contributed by atoms with Crippen molar-refractivity contribution in [2.45, 2.75) is 0 Å². The van der Waals surface area contributed by atoms with Crippen molar-refractivity contribution >= 4 is 5.69 Å². The summed E-state index contributed by atoms with van der Waals surface area (Å²) < 4.78 is 18.6. The van der Waals surface area contributed by atoms with Crippen molar-refractivity contribution in [3.8, 4) is 5.75 Å². The predicted octanol–water partition coefficient (Wildman–Crippen LogP) is 1.18. The second-order valence-corrected chi connectivity index (χ2v) is 4.83. The molecule has 1 saturated heterocycles. The molecule has 0 amide bonds. The highest BCUT2D eigenvalue weighted by Crippen LogP contribution is 2.22. The number of methoxy groups -OCH3 is 1. The summed E-state index contributed by atoms with van der Waals surface area (Å²) >= 11 is 0. The van der Waals surface area contributed by atoms with Gasteiger partial charge in [0.15, 0.2) is 11.6 Å². The molecular weight excluding hydrogens is 245 g/mol. The van der Waals surface area contributed by atoms with Gasteiger partial charge in [0.1, 0.15) is 0 Å². The summed E-state index contributed by atoms with van der Waals surface area (Å²) in [7, 11) is 3.47. The Morgan fingerprint density at radius 3 is 2.74 bits per heavy atom. The Hall–Kier alpha value is -1.33. The fourth-order valence-electron chi connectivity index (χ4n) is 2.25. The molecule has 1 aliphatic heterocycles. The first-order valence-electron chi connectivity index (χ1n) is 6.68. The van der Waals surface area contributed by atoms with Crippen LogP contribution in [-0.4, -0.2) is 58.3 Å². The third kappa shape index (κ3) is 3.81. The number of hydrogen-bond donors (Lipinski definition) is 1. The maximum atomic E-state index is 13.6. The monoisotopic (exact) mass is 267 g/mol. The maximum absolute atomic E-state index is 13.6. The Bertz CT molecular complexity index is 408. The summed E-state index contributed by atoms with van der Waals surface area (Å²) in [6.07, 6.45) is 0. The molecule has 0 atom stereocenters. The number of halogens is 1. The highest BCUT2D eigenvalue weighted by atomic mass is 19.1. The summed E-state index contributed by atoms with van der Waals surface area (Å²) in [5.74, 6) is -0.0201. The zero-order valence-electron chi connectivity index (χ0n) is 11.7. The Morgan fingerprint density at radius 2 is 2.11 bits per heavy atom. The summed E-state index contributed by atoms with van der Waals surface area (Å²) in [5, 5.41) is 3.34. The minimum Gasteiger partial charge on any atom is -0.494 e. The molecule has 0 bridgehead atoms. The zero-order chi connectivity index (χ0) is 13.7. The molecule has 1 heterocycles. The number of hydrogen-bond acceptors (Lipinski definition) is 4. The van der Waals surface area contributed by atoms with Gasteiger partial charge in [-0.1, -0.05) is 0 Å². The lowest BCUT2D eigenvalue weighted by atomic mass is 10.2. The second kappa shape index (κ2) is 6.73. The van der Waals surface area contributed by atoms with Gasteiger partial charge in [0.2, 0.25) is 0 Å². The fourth-order valence-corrected chi connectivity index (χ4v) is 2.25. The Labute approximate surface area is 114 Å². The highest BCUT2D eigenvalue weighted by Gasteiger charge is 2.11. The Kier molecular flexibility index (Phi) is 4.99. The van der Waals surface area contributed by atoms with Gasteiger partial charge in [0.05, 0.1) is 7.11 Å². The maximum Gasteiger partial charge on any atom is 0.167 e. The molecule has 1 fully saturated rings. The average Bonchev–Trinajstić information content (AvgIpc) is 2.45. The number of nitrogens with one attached hydrogen (secondary N) is 1. The van der Waals surface area contributed by atoms with E-state index in [0.717, 1.165) is 45.0 Å². The number of nitrogens with zero attached hydrogens (tertiary/aromatic N) is 2. The van der Waals surface area contributed by atoms with Crippen molar-refractivity contribution in [1.29, 1.82) is 0 Å². The molecule has 0 aromatic heterocycles. The van der Waals surface area contributed by atoms with Gasteiger partial charge in [0, 0.05) is 58.1 Å². The Balaban J connectivity index is 1.88. The van der Waals surface area contributed by atoms with E-state index in [-0.39, 0.29) is 5.82 Å². The molecule has 4 nitrogen and oxygen atoms in total. The zero-order valence-corrected chi connectivity index (χ0v) is 11.7. The average molecular weight is 267 g/mol. The largest absolute Gasteiger partial charge is 0.494 e. The molecule has 1 N–H and O–H groups in total. The van der Waals surface area contributed by atoms with Crippen molar-refractivity contribution in [2.75, 3.05) is 58.3 Å². The number of benzene rings is 1. The molecular formula is C14H22FN3O. The van der Waals surface area contributed by atoms with Gasteiger partial charge in [-0.2, -0.15) is 0 Å². The predicted molar refractivity (Wildman–Crippen MR) is 75.5 cm³/mol. The lowest BCUT2D eigenvalue weighted by Crippen LogP contribution is -2.46. The summed E-state index contributed by atoms with van der Waals surface area (Å²) in [5.41, 5.74) is 0.883. The topological polar surface area (TPSA) is 27.7 Å². The molecule has 0 spiro atoms. The van der Waals surface area contributed by atoms with Crippen molar-refractivity contribution in [3.63, 3.8) is 0 Å². The molecule has 0 unspecified atom stereocenters. The number of piperazine rings is 1. The molecule has 1 aromatic carbocycles. The number of anilines is 1. The van der Waals surface area contributed by atoms with E-state index < -0.39 is 0 Å². The van der Waals surface area contributed by atoms with Crippen LogP contribution in [0.2, 0.25) is 0 Å². The molecule has 5 heteroatoms. The van der Waals surface area contributed by atoms with E-state index in [2.05, 4.69) is 15.1 Å². The van der Waals surface area contributed by atoms with Crippen molar-refractivity contribution < 1.29 is 9.13 Å². The summed E-state index contributed by atoms with van der Waals surface area (Å²) in [6, 6.07) is 5.09. The van der Waals surface area contributed by atoms with Gasteiger partial charge in [-0.15, -0.1) is 0 Å². The van der Waals surface area contributed by atoms with Gasteiger partial charge < -0.3 is 15.0 Å². The molecule has 0 radical (unpaired) electrons. The molecule has 1 aromatic rings. The molecule has 0 aliphatic carbocycles. The molecule has 2 rings (SSSR count). The number of rotatable bonds is 5. The first-order valence-corrected chi connectivity index (χ1v) is 6.68. The minimum atomic E-state index is -0.311. The van der Waals surface area contributed by atoms with E-state index in [0.29, 0.717) is 5.75 Å². The molecule has 0 saturated carbocycles. The van der Waals surface area contributed by atoms with Crippen molar-refractivity contribution in [3.05, 3.63) is 24.0 Å². The fraction of sp³-hybridized carbons (Fsp3) is 0.571. The van der Waals surface area contributed by atoms with Gasteiger partial charge in [0.25, 0.3) is 0 Å². The van der Waals surface area contributed by atoms with Crippen LogP contribution in [0.25, 0.3) is 0 Å². The lowest BCUT2D eigenvalue weighted by Gasteiger charge is -2.29. The van der Waals surface area contributed by atoms with Crippen LogP contribution in [0.15, 0.2) is 18.2 Å². The van der Waals surface area contributed by atoms with Crippen LogP contribution in [0.5, 0.6) is 5.75 Å². The minimum absolute atomic E-state index is 0.291. The van der Waals surface area contributed by atoms with Gasteiger partial charge in [-0.3, -0.25) is 4.90 Å². The number of likely N-dealkylation sites (N-methyl/N-ethyl adjacent to an activating group) is 1. The highest BCUT2D eigenvalue weighted by molar-refractivity contribution is 5.49. The molecule has 19 heavy (non-hydrogen) atoms. The van der Waals surface area contributed by atoms with Gasteiger partial charge in [-0.05, 0) is 12.1 Å². The van der Waals surface area contributed by atoms with Crippen LogP contribution in [0, 0.1) is 5.82 Å². The number of ether oxygens (including phenoxy) is 1. The molecule has 1 aliphatic rings. The Morgan fingerprint density at radius 1 is 1.37 bits per heavy atom. The SMILES string of the molecule is COc1ccc(N(C)CCN2CCNCC2)cc1F. The van der Waals surface area contributed by atoms with Crippen LogP contribution in [0.1, 0.15) is 0 Å². The van der Waals surface area contributed by atoms with Gasteiger partial charge in [-0.25, -0.2) is 4.39 Å². The summed E-state index contributed by atoms with van der Waals surface area (Å²) in [6.45, 7) is 6.19. The van der Waals surface area contributed by atoms with E-state index in [1.165, 1.54) is 13.2 Å². The van der Waals surface area contributed by atoms with Crippen LogP contribution in [0.3, 0.4) is 0 Å². The first-order chi connectivity index (χ1) is 9.20. The van der Waals surface area contributed by atoms with Crippen LogP contribution < -0.4 is 15.0 Å². The standard InChI is InChI=1S/C14H22FN3O/c1-17(9-10-18-7-5-16-6-8-18)12-3-4-14(19-2)13(15)11-12/h3-4,11,16H,5-10H2,1-2H3. The normalized spacial score (nSPS) is 16.4. The third-order valence-electron chi connectivity index (χ3n) is 3.54. The van der Waals surface area contributed by atoms with E-state index in [1.807, 2.05) is 13.1 Å². The first kappa shape index (κ1) is 14.1. The van der Waals surface area contributed by atoms with Crippen molar-refractivity contribution in [2.24, 2.45) is 0 Å². The van der Waals surface area contributed by atoms with E-state index in [4.69, 9.17) is 4.74 Å². The van der Waals surface area contributed by atoms with Gasteiger partial charge >= 0.3 is 0 Å². The van der Waals surface area contributed by atoms with Crippen LogP contribution in [-0.2, 0) is 0 Å². The summed E-state index contributed by atoms with van der Waals surface area (Å²) in [4.78, 5) is 4.50. The van der Waals surface area contributed by atoms with E-state index in [1.54, 1.807) is 6.07 Å². The third-order valence-corrected chi connectivity index (χ3v) is 3.54. The quantitative estimate of drug-likeness (QED) is 0.867. The van der Waals surface area contributed by atoms with Crippen molar-refractivity contribution in [1.82, 2.24) is 10.2 Å². The lowest BCUT2D eigenvalue weighted by molar-refractivity contribution is 0.246. The molecule has 106 valence electrons. The smallest absolute Gasteiger partial charge is 0.167 e. The van der Waals surface area contributed by atoms with Crippen LogP contribution >= 0.6 is 0 Å². The van der Waals surface area contributed by atoms with E-state index >= 15 is 0 Å². The van der Waals surface area contributed by atoms with E-state index in [9.17, 15) is 4.39 Å². The second-order valence-electron chi connectivity index (χ2n) is 4.83. The van der Waals surface area contributed by atoms with Crippen LogP contribution in [0.4, 0.5) is 10.1 Å².